The highest BCUT2D eigenvalue weighted by molar-refractivity contribution is 5.92. The number of halogens is 1. The van der Waals surface area contributed by atoms with Gasteiger partial charge in [0, 0.05) is 19.1 Å². The number of carbonyl (C=O) groups is 1. The first-order chi connectivity index (χ1) is 13.4. The van der Waals surface area contributed by atoms with Crippen molar-refractivity contribution in [1.82, 2.24) is 9.80 Å². The molecule has 0 spiro atoms. The number of ether oxygens (including phenoxy) is 2. The van der Waals surface area contributed by atoms with E-state index in [9.17, 15) is 14.3 Å². The van der Waals surface area contributed by atoms with Crippen LogP contribution in [0, 0.1) is 5.82 Å². The Labute approximate surface area is 164 Å². The largest absolute Gasteiger partial charge is 0.479 e. The first-order valence-electron chi connectivity index (χ1n) is 9.56. The molecule has 2 atom stereocenters. The number of hydrogen-bond donors (Lipinski definition) is 1. The van der Waals surface area contributed by atoms with E-state index in [-0.39, 0.29) is 23.6 Å². The molecule has 0 bridgehead atoms. The number of rotatable bonds is 6. The van der Waals surface area contributed by atoms with Gasteiger partial charge in [-0.25, -0.2) is 9.18 Å². The number of nitrogens with zero attached hydrogens (tertiary/aromatic N) is 2. The zero-order valence-corrected chi connectivity index (χ0v) is 16.5. The molecule has 1 aromatic carbocycles. The third kappa shape index (κ3) is 4.20. The Morgan fingerprint density at radius 3 is 2.68 bits per heavy atom. The predicted molar refractivity (Wildman–Crippen MR) is 103 cm³/mol. The van der Waals surface area contributed by atoms with Crippen LogP contribution in [0.4, 0.5) is 4.39 Å². The maximum atomic E-state index is 13.3. The number of carboxylic acid groups (broad SMARTS) is 1. The van der Waals surface area contributed by atoms with E-state index in [2.05, 4.69) is 11.8 Å². The normalized spacial score (nSPS) is 23.6. The highest BCUT2D eigenvalue weighted by atomic mass is 19.1. The molecule has 1 fully saturated rings. The molecule has 1 N–H and O–H groups in total. The van der Waals surface area contributed by atoms with E-state index >= 15 is 0 Å². The molecule has 0 saturated carbocycles. The van der Waals surface area contributed by atoms with Gasteiger partial charge in [0.25, 0.3) is 0 Å². The van der Waals surface area contributed by atoms with Crippen LogP contribution in [0.1, 0.15) is 26.3 Å². The van der Waals surface area contributed by atoms with Crippen LogP contribution in [0.25, 0.3) is 0 Å². The zero-order chi connectivity index (χ0) is 20.3. The van der Waals surface area contributed by atoms with Crippen LogP contribution in [0.3, 0.4) is 0 Å². The lowest BCUT2D eigenvalue weighted by atomic mass is 10.0. The first-order valence-corrected chi connectivity index (χ1v) is 9.56. The molecule has 3 rings (SSSR count). The summed E-state index contributed by atoms with van der Waals surface area (Å²) in [6.45, 7) is 8.46. The van der Waals surface area contributed by atoms with Crippen LogP contribution in [0.5, 0.6) is 0 Å². The van der Waals surface area contributed by atoms with Crippen molar-refractivity contribution in [3.05, 3.63) is 58.8 Å². The Bertz CT molecular complexity index is 775. The van der Waals surface area contributed by atoms with Crippen LogP contribution in [0.2, 0.25) is 0 Å². The highest BCUT2D eigenvalue weighted by Gasteiger charge is 2.37. The van der Waals surface area contributed by atoms with E-state index in [1.807, 2.05) is 17.9 Å². The fourth-order valence-corrected chi connectivity index (χ4v) is 3.74. The minimum absolute atomic E-state index is 0.168. The van der Waals surface area contributed by atoms with Gasteiger partial charge in [-0.05, 0) is 50.1 Å². The van der Waals surface area contributed by atoms with Gasteiger partial charge in [0.1, 0.15) is 17.6 Å². The minimum Gasteiger partial charge on any atom is -0.479 e. The van der Waals surface area contributed by atoms with Gasteiger partial charge in [-0.1, -0.05) is 12.1 Å². The fourth-order valence-electron chi connectivity index (χ4n) is 3.74. The molecule has 2 heterocycles. The second-order valence-electron chi connectivity index (χ2n) is 7.10. The van der Waals surface area contributed by atoms with Crippen molar-refractivity contribution in [3.8, 4) is 0 Å². The lowest BCUT2D eigenvalue weighted by molar-refractivity contribution is -0.133. The third-order valence-corrected chi connectivity index (χ3v) is 5.11. The van der Waals surface area contributed by atoms with Gasteiger partial charge in [-0.15, -0.1) is 0 Å². The standard InChI is InChI=1S/C21H27FN2O4/c1-4-28-20-19(21(25)26)14(2)11-18(23-9-10-27-13-15(23)3)24(20)12-16-5-7-17(22)8-6-16/h5-8,11,15,18H,4,9-10,12-13H2,1-3H3,(H,25,26)/t15-,18?/m1/s1. The average Bonchev–Trinajstić information content (AvgIpc) is 2.65. The summed E-state index contributed by atoms with van der Waals surface area (Å²) in [5.41, 5.74) is 1.72. The predicted octanol–water partition coefficient (Wildman–Crippen LogP) is 2.97. The molecule has 2 aliphatic rings. The molecule has 0 amide bonds. The Balaban J connectivity index is 2.03. The lowest BCUT2D eigenvalue weighted by Crippen LogP contribution is -2.56. The second-order valence-corrected chi connectivity index (χ2v) is 7.10. The van der Waals surface area contributed by atoms with Gasteiger partial charge >= 0.3 is 5.97 Å². The summed E-state index contributed by atoms with van der Waals surface area (Å²) in [6, 6.07) is 6.42. The van der Waals surface area contributed by atoms with Crippen LogP contribution in [-0.2, 0) is 20.8 Å². The highest BCUT2D eigenvalue weighted by Crippen LogP contribution is 2.32. The van der Waals surface area contributed by atoms with Crippen LogP contribution >= 0.6 is 0 Å². The molecule has 7 heteroatoms. The van der Waals surface area contributed by atoms with Crippen molar-refractivity contribution in [2.45, 2.75) is 39.5 Å². The number of benzene rings is 1. The van der Waals surface area contributed by atoms with E-state index in [0.717, 1.165) is 12.1 Å². The van der Waals surface area contributed by atoms with Crippen LogP contribution in [0.15, 0.2) is 47.4 Å². The van der Waals surface area contributed by atoms with Crippen molar-refractivity contribution in [2.24, 2.45) is 0 Å². The summed E-state index contributed by atoms with van der Waals surface area (Å²) >= 11 is 0. The topological polar surface area (TPSA) is 62.2 Å². The van der Waals surface area contributed by atoms with E-state index in [0.29, 0.717) is 37.8 Å². The molecule has 152 valence electrons. The molecule has 1 unspecified atom stereocenters. The number of aliphatic carboxylic acids is 1. The molecule has 0 radical (unpaired) electrons. The Hall–Kier alpha value is -2.38. The van der Waals surface area contributed by atoms with Crippen molar-refractivity contribution < 1.29 is 23.8 Å². The van der Waals surface area contributed by atoms with Gasteiger partial charge in [0.05, 0.1) is 19.8 Å². The third-order valence-electron chi connectivity index (χ3n) is 5.11. The summed E-state index contributed by atoms with van der Waals surface area (Å²) in [5, 5.41) is 9.79. The van der Waals surface area contributed by atoms with E-state index in [4.69, 9.17) is 9.47 Å². The molecule has 28 heavy (non-hydrogen) atoms. The van der Waals surface area contributed by atoms with Gasteiger partial charge < -0.3 is 19.5 Å². The number of hydrogen-bond acceptors (Lipinski definition) is 5. The first kappa shape index (κ1) is 20.4. The van der Waals surface area contributed by atoms with Crippen molar-refractivity contribution in [1.29, 1.82) is 0 Å². The maximum Gasteiger partial charge on any atom is 0.341 e. The fraction of sp³-hybridized carbons (Fsp3) is 0.476. The van der Waals surface area contributed by atoms with E-state index < -0.39 is 5.97 Å². The molecular formula is C21H27FN2O4. The Morgan fingerprint density at radius 2 is 2.07 bits per heavy atom. The number of carboxylic acids is 1. The molecule has 0 aromatic heterocycles. The van der Waals surface area contributed by atoms with Crippen LogP contribution < -0.4 is 0 Å². The summed E-state index contributed by atoms with van der Waals surface area (Å²) in [7, 11) is 0. The summed E-state index contributed by atoms with van der Waals surface area (Å²) in [5.74, 6) is -0.971. The summed E-state index contributed by atoms with van der Waals surface area (Å²) in [6.07, 6.45) is 1.80. The summed E-state index contributed by atoms with van der Waals surface area (Å²) in [4.78, 5) is 16.2. The van der Waals surface area contributed by atoms with Crippen molar-refractivity contribution in [3.63, 3.8) is 0 Å². The molecule has 0 aliphatic carbocycles. The number of morpholine rings is 1. The van der Waals surface area contributed by atoms with Gasteiger partial charge in [0.2, 0.25) is 5.88 Å². The smallest absolute Gasteiger partial charge is 0.341 e. The monoisotopic (exact) mass is 390 g/mol. The van der Waals surface area contributed by atoms with E-state index in [1.165, 1.54) is 12.1 Å². The average molecular weight is 390 g/mol. The van der Waals surface area contributed by atoms with Crippen molar-refractivity contribution in [2.75, 3.05) is 26.4 Å². The SMILES string of the molecule is CCOC1=C(C(=O)O)C(C)=CC(N2CCOC[C@H]2C)N1Cc1ccc(F)cc1. The van der Waals surface area contributed by atoms with Crippen LogP contribution in [-0.4, -0.2) is 59.4 Å². The zero-order valence-electron chi connectivity index (χ0n) is 16.5. The van der Waals surface area contributed by atoms with Gasteiger partial charge in [-0.2, -0.15) is 0 Å². The maximum absolute atomic E-state index is 13.3. The molecule has 2 aliphatic heterocycles. The summed E-state index contributed by atoms with van der Waals surface area (Å²) < 4.78 is 24.8. The quantitative estimate of drug-likeness (QED) is 0.806. The Morgan fingerprint density at radius 1 is 1.36 bits per heavy atom. The Kier molecular flexibility index (Phi) is 6.36. The molecule has 6 nitrogen and oxygen atoms in total. The minimum atomic E-state index is -1.02. The van der Waals surface area contributed by atoms with Crippen molar-refractivity contribution >= 4 is 5.97 Å². The molecular weight excluding hydrogens is 363 g/mol. The van der Waals surface area contributed by atoms with Gasteiger partial charge in [0.15, 0.2) is 0 Å². The second kappa shape index (κ2) is 8.75. The van der Waals surface area contributed by atoms with Gasteiger partial charge in [-0.3, -0.25) is 4.90 Å². The molecule has 1 saturated heterocycles. The molecule has 1 aromatic rings. The van der Waals surface area contributed by atoms with E-state index in [1.54, 1.807) is 19.1 Å². The lowest BCUT2D eigenvalue weighted by Gasteiger charge is -2.46.